The first-order chi connectivity index (χ1) is 14.8. The minimum Gasteiger partial charge on any atom is -0.320 e. The first-order valence-electron chi connectivity index (χ1n) is 8.99. The summed E-state index contributed by atoms with van der Waals surface area (Å²) in [5.74, 6) is -1.61. The lowest BCUT2D eigenvalue weighted by Gasteiger charge is -2.13. The molecule has 0 aliphatic carbocycles. The molecule has 0 saturated heterocycles. The van der Waals surface area contributed by atoms with Crippen LogP contribution in [0.4, 0.5) is 11.4 Å². The van der Waals surface area contributed by atoms with E-state index in [9.17, 15) is 24.5 Å². The molecule has 4 rings (SSSR count). The number of nitro benzene ring substituents is 1. The van der Waals surface area contributed by atoms with Crippen LogP contribution in [0.2, 0.25) is 5.02 Å². The number of nitrogens with one attached hydrogen (secondary N) is 1. The number of halogens is 1. The summed E-state index contributed by atoms with van der Waals surface area (Å²) < 4.78 is 0. The van der Waals surface area contributed by atoms with Crippen molar-refractivity contribution in [3.63, 3.8) is 0 Å². The Balaban J connectivity index is 1.58. The Hall–Kier alpha value is -4.11. The zero-order valence-electron chi connectivity index (χ0n) is 15.7. The minimum absolute atomic E-state index is 0.0574. The van der Waals surface area contributed by atoms with Gasteiger partial charge in [0.1, 0.15) is 0 Å². The predicted molar refractivity (Wildman–Crippen MR) is 111 cm³/mol. The highest BCUT2D eigenvalue weighted by atomic mass is 35.5. The number of amides is 3. The molecule has 1 aromatic heterocycles. The van der Waals surface area contributed by atoms with Crippen LogP contribution in [0, 0.1) is 10.1 Å². The average molecular weight is 437 g/mol. The molecular formula is C21H13ClN4O5. The highest BCUT2D eigenvalue weighted by molar-refractivity contribution is 6.34. The van der Waals surface area contributed by atoms with E-state index in [2.05, 4.69) is 10.3 Å². The summed E-state index contributed by atoms with van der Waals surface area (Å²) in [5, 5.41) is 13.6. The van der Waals surface area contributed by atoms with Crippen LogP contribution in [-0.2, 0) is 6.54 Å². The van der Waals surface area contributed by atoms with E-state index in [1.165, 1.54) is 30.3 Å². The SMILES string of the molecule is O=C(Nc1cc([N+](=O)[O-])ccc1Cl)c1ccc2c(c1)C(=O)N(Cc1cccnc1)C2=O. The Morgan fingerprint density at radius 2 is 1.87 bits per heavy atom. The molecule has 0 spiro atoms. The summed E-state index contributed by atoms with van der Waals surface area (Å²) >= 11 is 6.02. The summed E-state index contributed by atoms with van der Waals surface area (Å²) in [6, 6.07) is 11.2. The van der Waals surface area contributed by atoms with Crippen LogP contribution in [0.25, 0.3) is 0 Å². The summed E-state index contributed by atoms with van der Waals surface area (Å²) in [7, 11) is 0. The number of pyridine rings is 1. The number of carbonyl (C=O) groups is 3. The van der Waals surface area contributed by atoms with E-state index in [1.54, 1.807) is 24.5 Å². The number of non-ortho nitro benzene ring substituents is 1. The molecule has 0 fully saturated rings. The Morgan fingerprint density at radius 3 is 2.58 bits per heavy atom. The maximum Gasteiger partial charge on any atom is 0.271 e. The van der Waals surface area contributed by atoms with Crippen LogP contribution in [-0.4, -0.2) is 32.5 Å². The Labute approximate surface area is 180 Å². The molecule has 0 unspecified atom stereocenters. The van der Waals surface area contributed by atoms with Gasteiger partial charge in [0.05, 0.1) is 33.3 Å². The first-order valence-corrected chi connectivity index (χ1v) is 9.37. The molecule has 0 bridgehead atoms. The summed E-state index contributed by atoms with van der Waals surface area (Å²) in [4.78, 5) is 53.5. The van der Waals surface area contributed by atoms with Crippen LogP contribution in [0.1, 0.15) is 36.6 Å². The molecule has 154 valence electrons. The van der Waals surface area contributed by atoms with Crippen molar-refractivity contribution in [1.29, 1.82) is 0 Å². The van der Waals surface area contributed by atoms with E-state index in [4.69, 9.17) is 11.6 Å². The number of benzene rings is 2. The smallest absolute Gasteiger partial charge is 0.271 e. The zero-order chi connectivity index (χ0) is 22.1. The highest BCUT2D eigenvalue weighted by Crippen LogP contribution is 2.29. The number of fused-ring (bicyclic) bond motifs is 1. The molecule has 1 aliphatic rings. The van der Waals surface area contributed by atoms with Gasteiger partial charge < -0.3 is 5.32 Å². The van der Waals surface area contributed by atoms with Crippen molar-refractivity contribution >= 4 is 40.7 Å². The van der Waals surface area contributed by atoms with E-state index in [1.807, 2.05) is 0 Å². The van der Waals surface area contributed by atoms with Gasteiger partial charge in [-0.15, -0.1) is 0 Å². The topological polar surface area (TPSA) is 123 Å². The summed E-state index contributed by atoms with van der Waals surface area (Å²) in [6.07, 6.45) is 3.15. The molecule has 1 N–H and O–H groups in total. The van der Waals surface area contributed by atoms with Crippen LogP contribution >= 0.6 is 11.6 Å². The second kappa shape index (κ2) is 7.96. The maximum atomic E-state index is 12.8. The third kappa shape index (κ3) is 3.86. The fourth-order valence-corrected chi connectivity index (χ4v) is 3.33. The molecule has 0 saturated carbocycles. The number of imide groups is 1. The minimum atomic E-state index is -0.629. The largest absolute Gasteiger partial charge is 0.320 e. The fraction of sp³-hybridized carbons (Fsp3) is 0.0476. The number of aromatic nitrogens is 1. The molecule has 9 nitrogen and oxygen atoms in total. The molecular weight excluding hydrogens is 424 g/mol. The molecule has 1 aliphatic heterocycles. The van der Waals surface area contributed by atoms with Crippen LogP contribution in [0.15, 0.2) is 60.9 Å². The number of carbonyl (C=O) groups excluding carboxylic acids is 3. The molecule has 3 amide bonds. The van der Waals surface area contributed by atoms with Crippen molar-refractivity contribution in [1.82, 2.24) is 9.88 Å². The number of nitrogens with zero attached hydrogens (tertiary/aromatic N) is 3. The molecule has 0 atom stereocenters. The molecule has 2 aromatic carbocycles. The van der Waals surface area contributed by atoms with Gasteiger partial charge in [0.15, 0.2) is 0 Å². The molecule has 3 aromatic rings. The predicted octanol–water partition coefficient (Wildman–Crippen LogP) is 3.69. The van der Waals surface area contributed by atoms with E-state index in [-0.39, 0.29) is 39.6 Å². The third-order valence-corrected chi connectivity index (χ3v) is 5.03. The second-order valence-corrected chi connectivity index (χ2v) is 7.10. The van der Waals surface area contributed by atoms with E-state index in [0.717, 1.165) is 11.0 Å². The zero-order valence-corrected chi connectivity index (χ0v) is 16.5. The van der Waals surface area contributed by atoms with Gasteiger partial charge in [0.2, 0.25) is 0 Å². The van der Waals surface area contributed by atoms with E-state index < -0.39 is 22.6 Å². The number of anilines is 1. The second-order valence-electron chi connectivity index (χ2n) is 6.69. The van der Waals surface area contributed by atoms with Gasteiger partial charge in [-0.05, 0) is 35.9 Å². The lowest BCUT2D eigenvalue weighted by atomic mass is 10.1. The Morgan fingerprint density at radius 1 is 1.10 bits per heavy atom. The van der Waals surface area contributed by atoms with Crippen molar-refractivity contribution in [3.05, 3.63) is 98.3 Å². The lowest BCUT2D eigenvalue weighted by molar-refractivity contribution is -0.384. The van der Waals surface area contributed by atoms with Gasteiger partial charge >= 0.3 is 0 Å². The molecule has 31 heavy (non-hydrogen) atoms. The van der Waals surface area contributed by atoms with E-state index >= 15 is 0 Å². The monoisotopic (exact) mass is 436 g/mol. The van der Waals surface area contributed by atoms with Crippen molar-refractivity contribution in [2.75, 3.05) is 5.32 Å². The van der Waals surface area contributed by atoms with Gasteiger partial charge in [0.25, 0.3) is 23.4 Å². The average Bonchev–Trinajstić information content (AvgIpc) is 3.00. The number of hydrogen-bond donors (Lipinski definition) is 1. The summed E-state index contributed by atoms with van der Waals surface area (Å²) in [6.45, 7) is 0.0605. The van der Waals surface area contributed by atoms with Crippen molar-refractivity contribution in [3.8, 4) is 0 Å². The molecule has 0 radical (unpaired) electrons. The van der Waals surface area contributed by atoms with Gasteiger partial charge in [-0.25, -0.2) is 0 Å². The number of hydrogen-bond acceptors (Lipinski definition) is 6. The molecule has 2 heterocycles. The van der Waals surface area contributed by atoms with Gasteiger partial charge in [-0.2, -0.15) is 0 Å². The summed E-state index contributed by atoms with van der Waals surface area (Å²) in [5.41, 5.74) is 0.911. The number of rotatable bonds is 5. The van der Waals surface area contributed by atoms with Gasteiger partial charge in [-0.1, -0.05) is 17.7 Å². The Kier molecular flexibility index (Phi) is 5.18. The quantitative estimate of drug-likeness (QED) is 0.369. The number of nitro groups is 1. The van der Waals surface area contributed by atoms with Crippen LogP contribution in [0.5, 0.6) is 0 Å². The fourth-order valence-electron chi connectivity index (χ4n) is 3.17. The van der Waals surface area contributed by atoms with Crippen LogP contribution < -0.4 is 5.32 Å². The van der Waals surface area contributed by atoms with E-state index in [0.29, 0.717) is 5.56 Å². The van der Waals surface area contributed by atoms with Crippen molar-refractivity contribution < 1.29 is 19.3 Å². The van der Waals surface area contributed by atoms with Crippen molar-refractivity contribution in [2.24, 2.45) is 0 Å². The highest BCUT2D eigenvalue weighted by Gasteiger charge is 2.36. The standard InChI is InChI=1S/C21H13ClN4O5/c22-17-6-4-14(26(30)31)9-18(17)24-19(27)13-3-5-15-16(8-13)21(29)25(20(15)28)11-12-2-1-7-23-10-12/h1-10H,11H2,(H,24,27). The van der Waals surface area contributed by atoms with Crippen LogP contribution in [0.3, 0.4) is 0 Å². The van der Waals surface area contributed by atoms with Gasteiger partial charge in [0, 0.05) is 30.1 Å². The van der Waals surface area contributed by atoms with Crippen molar-refractivity contribution in [2.45, 2.75) is 6.54 Å². The first kappa shape index (κ1) is 20.2. The van der Waals surface area contributed by atoms with Gasteiger partial charge in [-0.3, -0.25) is 34.4 Å². The normalized spacial score (nSPS) is 12.6. The Bertz CT molecular complexity index is 1250. The lowest BCUT2D eigenvalue weighted by Crippen LogP contribution is -2.29. The molecule has 10 heteroatoms. The maximum absolute atomic E-state index is 12.8. The third-order valence-electron chi connectivity index (χ3n) is 4.71.